The van der Waals surface area contributed by atoms with Crippen molar-refractivity contribution >= 4 is 23.3 Å². The van der Waals surface area contributed by atoms with Crippen LogP contribution in [0, 0.1) is 0 Å². The molecule has 1 aliphatic rings. The Morgan fingerprint density at radius 1 is 1.67 bits per heavy atom. The predicted molar refractivity (Wildman–Crippen MR) is 56.4 cm³/mol. The van der Waals surface area contributed by atoms with Crippen molar-refractivity contribution in [2.24, 2.45) is 0 Å². The van der Waals surface area contributed by atoms with Crippen molar-refractivity contribution in [2.45, 2.75) is 6.10 Å². The number of benzene rings is 1. The lowest BCUT2D eigenvalue weighted by Gasteiger charge is -2.25. The average molecular weight is 228 g/mol. The third-order valence-corrected chi connectivity index (χ3v) is 2.39. The lowest BCUT2D eigenvalue weighted by molar-refractivity contribution is -0.148. The zero-order valence-corrected chi connectivity index (χ0v) is 8.88. The molecule has 0 aromatic heterocycles. The Balaban J connectivity index is 2.20. The van der Waals surface area contributed by atoms with E-state index >= 15 is 0 Å². The Morgan fingerprint density at radius 3 is 3.20 bits per heavy atom. The van der Waals surface area contributed by atoms with Gasteiger partial charge in [-0.3, -0.25) is 0 Å². The van der Waals surface area contributed by atoms with Gasteiger partial charge in [0.1, 0.15) is 5.75 Å². The number of fused-ring (bicyclic) bond motifs is 1. The molecule has 5 heteroatoms. The van der Waals surface area contributed by atoms with E-state index in [-0.39, 0.29) is 5.97 Å². The minimum absolute atomic E-state index is 0.386. The summed E-state index contributed by atoms with van der Waals surface area (Å²) >= 11 is 5.82. The van der Waals surface area contributed by atoms with E-state index in [1.165, 1.54) is 7.11 Å². The third-order valence-electron chi connectivity index (χ3n) is 2.15. The first kappa shape index (κ1) is 10.1. The zero-order valence-electron chi connectivity index (χ0n) is 8.12. The van der Waals surface area contributed by atoms with E-state index in [2.05, 4.69) is 10.1 Å². The maximum atomic E-state index is 11.2. The van der Waals surface area contributed by atoms with Crippen molar-refractivity contribution in [3.05, 3.63) is 23.2 Å². The molecule has 0 fully saturated rings. The normalized spacial score (nSPS) is 18.4. The molecule has 0 spiro atoms. The van der Waals surface area contributed by atoms with E-state index in [0.717, 1.165) is 5.69 Å². The molecule has 0 radical (unpaired) electrons. The quantitative estimate of drug-likeness (QED) is 0.742. The SMILES string of the molecule is COC(=O)C1CNc2cc(Cl)ccc2O1. The molecule has 0 saturated carbocycles. The van der Waals surface area contributed by atoms with E-state index in [4.69, 9.17) is 16.3 Å². The number of rotatable bonds is 1. The molecule has 0 amide bonds. The number of hydrogen-bond donors (Lipinski definition) is 1. The Kier molecular flexibility index (Phi) is 2.68. The summed E-state index contributed by atoms with van der Waals surface area (Å²) < 4.78 is 10.0. The van der Waals surface area contributed by atoms with E-state index < -0.39 is 6.10 Å². The molecule has 1 atom stereocenters. The summed E-state index contributed by atoms with van der Waals surface area (Å²) in [7, 11) is 1.34. The molecule has 0 aliphatic carbocycles. The number of esters is 1. The van der Waals surface area contributed by atoms with Gasteiger partial charge in [0.05, 0.1) is 19.3 Å². The maximum absolute atomic E-state index is 11.2. The zero-order chi connectivity index (χ0) is 10.8. The topological polar surface area (TPSA) is 47.6 Å². The van der Waals surface area contributed by atoms with Gasteiger partial charge in [0, 0.05) is 5.02 Å². The number of nitrogens with one attached hydrogen (secondary N) is 1. The molecular weight excluding hydrogens is 218 g/mol. The molecule has 4 nitrogen and oxygen atoms in total. The summed E-state index contributed by atoms with van der Waals surface area (Å²) in [5.41, 5.74) is 0.794. The highest BCUT2D eigenvalue weighted by molar-refractivity contribution is 6.30. The van der Waals surface area contributed by atoms with Gasteiger partial charge in [-0.15, -0.1) is 0 Å². The smallest absolute Gasteiger partial charge is 0.348 e. The summed E-state index contributed by atoms with van der Waals surface area (Å²) in [6.45, 7) is 0.389. The molecule has 1 heterocycles. The number of anilines is 1. The van der Waals surface area contributed by atoms with Crippen LogP contribution in [0.15, 0.2) is 18.2 Å². The van der Waals surface area contributed by atoms with Crippen LogP contribution >= 0.6 is 11.6 Å². The second-order valence-corrected chi connectivity index (χ2v) is 3.59. The van der Waals surface area contributed by atoms with Crippen LogP contribution in [0.2, 0.25) is 5.02 Å². The molecule has 0 bridgehead atoms. The standard InChI is InChI=1S/C10H10ClNO3/c1-14-10(13)9-5-12-7-4-6(11)2-3-8(7)15-9/h2-4,9,12H,5H2,1H3. The maximum Gasteiger partial charge on any atom is 0.348 e. The molecule has 1 aromatic rings. The van der Waals surface area contributed by atoms with Gasteiger partial charge < -0.3 is 14.8 Å². The van der Waals surface area contributed by atoms with Crippen molar-refractivity contribution in [3.63, 3.8) is 0 Å². The number of ether oxygens (including phenoxy) is 2. The molecule has 80 valence electrons. The van der Waals surface area contributed by atoms with Crippen molar-refractivity contribution < 1.29 is 14.3 Å². The molecular formula is C10H10ClNO3. The van der Waals surface area contributed by atoms with Crippen LogP contribution < -0.4 is 10.1 Å². The Bertz CT molecular complexity index is 394. The van der Waals surface area contributed by atoms with Crippen LogP contribution in [0.1, 0.15) is 0 Å². The molecule has 2 rings (SSSR count). The first-order valence-corrected chi connectivity index (χ1v) is 4.86. The van der Waals surface area contributed by atoms with E-state index in [9.17, 15) is 4.79 Å². The van der Waals surface area contributed by atoms with Crippen molar-refractivity contribution in [1.82, 2.24) is 0 Å². The highest BCUT2D eigenvalue weighted by Crippen LogP contribution is 2.31. The second-order valence-electron chi connectivity index (χ2n) is 3.15. The summed E-state index contributed by atoms with van der Waals surface area (Å²) in [6.07, 6.45) is -0.594. The van der Waals surface area contributed by atoms with Gasteiger partial charge >= 0.3 is 5.97 Å². The van der Waals surface area contributed by atoms with Crippen LogP contribution in [0.4, 0.5) is 5.69 Å². The van der Waals surface area contributed by atoms with Gasteiger partial charge in [-0.2, -0.15) is 0 Å². The van der Waals surface area contributed by atoms with Crippen molar-refractivity contribution in [2.75, 3.05) is 19.0 Å². The molecule has 15 heavy (non-hydrogen) atoms. The number of carbonyl (C=O) groups excluding carboxylic acids is 1. The number of halogens is 1. The Morgan fingerprint density at radius 2 is 2.47 bits per heavy atom. The van der Waals surface area contributed by atoms with E-state index in [0.29, 0.717) is 17.3 Å². The minimum atomic E-state index is -0.594. The summed E-state index contributed by atoms with van der Waals surface area (Å²) in [6, 6.07) is 5.19. The van der Waals surface area contributed by atoms with Crippen LogP contribution in [0.3, 0.4) is 0 Å². The van der Waals surface area contributed by atoms with Crippen LogP contribution in [0.5, 0.6) is 5.75 Å². The molecule has 1 N–H and O–H groups in total. The lowest BCUT2D eigenvalue weighted by atomic mass is 10.2. The van der Waals surface area contributed by atoms with Gasteiger partial charge in [0.2, 0.25) is 6.10 Å². The monoisotopic (exact) mass is 227 g/mol. The van der Waals surface area contributed by atoms with Crippen LogP contribution in [-0.4, -0.2) is 25.7 Å². The van der Waals surface area contributed by atoms with E-state index in [1.54, 1.807) is 18.2 Å². The largest absolute Gasteiger partial charge is 0.475 e. The highest BCUT2D eigenvalue weighted by atomic mass is 35.5. The van der Waals surface area contributed by atoms with Gasteiger partial charge in [0.25, 0.3) is 0 Å². The number of carbonyl (C=O) groups is 1. The van der Waals surface area contributed by atoms with Crippen molar-refractivity contribution in [3.8, 4) is 5.75 Å². The third kappa shape index (κ3) is 1.99. The number of hydrogen-bond acceptors (Lipinski definition) is 4. The predicted octanol–water partition coefficient (Wildman–Crippen LogP) is 1.69. The van der Waals surface area contributed by atoms with Gasteiger partial charge in [-0.1, -0.05) is 11.6 Å². The fraction of sp³-hybridized carbons (Fsp3) is 0.300. The van der Waals surface area contributed by atoms with Gasteiger partial charge in [-0.25, -0.2) is 4.79 Å². The highest BCUT2D eigenvalue weighted by Gasteiger charge is 2.26. The molecule has 1 aromatic carbocycles. The van der Waals surface area contributed by atoms with Gasteiger partial charge in [-0.05, 0) is 18.2 Å². The Labute approximate surface area is 92.1 Å². The summed E-state index contributed by atoms with van der Waals surface area (Å²) in [5, 5.41) is 3.68. The fourth-order valence-corrected chi connectivity index (χ4v) is 1.58. The first-order valence-electron chi connectivity index (χ1n) is 4.48. The van der Waals surface area contributed by atoms with Crippen LogP contribution in [-0.2, 0) is 9.53 Å². The first-order chi connectivity index (χ1) is 7.20. The van der Waals surface area contributed by atoms with E-state index in [1.807, 2.05) is 0 Å². The van der Waals surface area contributed by atoms with Gasteiger partial charge in [0.15, 0.2) is 0 Å². The fourth-order valence-electron chi connectivity index (χ4n) is 1.40. The Hall–Kier alpha value is -1.42. The van der Waals surface area contributed by atoms with Crippen LogP contribution in [0.25, 0.3) is 0 Å². The molecule has 1 unspecified atom stereocenters. The average Bonchev–Trinajstić information content (AvgIpc) is 2.27. The second kappa shape index (κ2) is 3.98. The number of methoxy groups -OCH3 is 1. The molecule has 1 aliphatic heterocycles. The lowest BCUT2D eigenvalue weighted by Crippen LogP contribution is -2.38. The molecule has 0 saturated heterocycles. The minimum Gasteiger partial charge on any atom is -0.475 e. The van der Waals surface area contributed by atoms with Crippen molar-refractivity contribution in [1.29, 1.82) is 0 Å². The summed E-state index contributed by atoms with van der Waals surface area (Å²) in [5.74, 6) is 0.226. The summed E-state index contributed by atoms with van der Waals surface area (Å²) in [4.78, 5) is 11.2.